The van der Waals surface area contributed by atoms with E-state index in [1.165, 1.54) is 6.07 Å². The molecule has 0 aliphatic carbocycles. The van der Waals surface area contributed by atoms with Crippen molar-refractivity contribution >= 4 is 0 Å². The van der Waals surface area contributed by atoms with Crippen LogP contribution in [0.5, 0.6) is 0 Å². The van der Waals surface area contributed by atoms with Gasteiger partial charge in [-0.15, -0.1) is 0 Å². The van der Waals surface area contributed by atoms with E-state index >= 15 is 0 Å². The Labute approximate surface area is 116 Å². The lowest BCUT2D eigenvalue weighted by Gasteiger charge is -2.34. The quantitative estimate of drug-likeness (QED) is 0.914. The first kappa shape index (κ1) is 13.2. The van der Waals surface area contributed by atoms with Crippen LogP contribution in [-0.2, 0) is 5.41 Å². The molecule has 1 fully saturated rings. The number of nitrogens with one attached hydrogen (secondary N) is 1. The summed E-state index contributed by atoms with van der Waals surface area (Å²) in [6.45, 7) is 4.00. The molecule has 1 saturated heterocycles. The molecule has 1 aliphatic rings. The number of nitrogens with zero attached hydrogens (tertiary/aromatic N) is 2. The number of piperidine rings is 1. The van der Waals surface area contributed by atoms with Crippen LogP contribution < -0.4 is 5.32 Å². The summed E-state index contributed by atoms with van der Waals surface area (Å²) in [6.07, 6.45) is 5.22. The van der Waals surface area contributed by atoms with Crippen molar-refractivity contribution in [1.82, 2.24) is 14.9 Å². The summed E-state index contributed by atoms with van der Waals surface area (Å²) in [4.78, 5) is 4.14. The second-order valence-corrected chi connectivity index (χ2v) is 5.56. The molecule has 2 heterocycles. The number of aromatic nitrogens is 2. The number of imidazole rings is 1. The second-order valence-electron chi connectivity index (χ2n) is 5.56. The van der Waals surface area contributed by atoms with E-state index in [2.05, 4.69) is 17.2 Å². The molecule has 0 unspecified atom stereocenters. The smallest absolute Gasteiger partial charge is 0.147 e. The molecule has 1 aromatic heterocycles. The van der Waals surface area contributed by atoms with Crippen molar-refractivity contribution < 1.29 is 8.78 Å². The average molecular weight is 277 g/mol. The Morgan fingerprint density at radius 1 is 1.25 bits per heavy atom. The van der Waals surface area contributed by atoms with Gasteiger partial charge in [-0.05, 0) is 38.1 Å². The molecule has 1 N–H and O–H groups in total. The Morgan fingerprint density at radius 2 is 2.00 bits per heavy atom. The fraction of sp³-hybridized carbons (Fsp3) is 0.400. The van der Waals surface area contributed by atoms with Gasteiger partial charge in [-0.2, -0.15) is 0 Å². The maximum atomic E-state index is 14.0. The minimum atomic E-state index is -0.448. The molecular weight excluding hydrogens is 260 g/mol. The summed E-state index contributed by atoms with van der Waals surface area (Å²) in [5.74, 6) is -0.889. The minimum absolute atomic E-state index is 0.0689. The predicted octanol–water partition coefficient (Wildman–Crippen LogP) is 2.79. The van der Waals surface area contributed by atoms with E-state index in [0.717, 1.165) is 43.8 Å². The Morgan fingerprint density at radius 3 is 2.75 bits per heavy atom. The SMILES string of the molecule is CC1(c2cncn2-c2cc(F)ccc2F)CCNCC1. The molecule has 0 bridgehead atoms. The van der Waals surface area contributed by atoms with Gasteiger partial charge in [-0.25, -0.2) is 13.8 Å². The normalized spacial score (nSPS) is 18.1. The summed E-state index contributed by atoms with van der Waals surface area (Å²) in [5.41, 5.74) is 1.08. The number of hydrogen-bond acceptors (Lipinski definition) is 2. The highest BCUT2D eigenvalue weighted by Gasteiger charge is 2.32. The van der Waals surface area contributed by atoms with Gasteiger partial charge in [0.25, 0.3) is 0 Å². The Bertz CT molecular complexity index is 615. The largest absolute Gasteiger partial charge is 0.317 e. The zero-order chi connectivity index (χ0) is 14.2. The first-order chi connectivity index (χ1) is 9.60. The molecule has 0 radical (unpaired) electrons. The van der Waals surface area contributed by atoms with Gasteiger partial charge in [0.05, 0.1) is 12.0 Å². The molecule has 1 aromatic carbocycles. The van der Waals surface area contributed by atoms with Crippen LogP contribution in [0.2, 0.25) is 0 Å². The molecule has 106 valence electrons. The Kier molecular flexibility index (Phi) is 3.30. The van der Waals surface area contributed by atoms with Gasteiger partial charge < -0.3 is 5.32 Å². The fourth-order valence-electron chi connectivity index (χ4n) is 2.84. The lowest BCUT2D eigenvalue weighted by molar-refractivity contribution is 0.323. The lowest BCUT2D eigenvalue weighted by atomic mass is 9.78. The third-order valence-electron chi connectivity index (χ3n) is 4.13. The van der Waals surface area contributed by atoms with E-state index in [1.54, 1.807) is 17.1 Å². The predicted molar refractivity (Wildman–Crippen MR) is 72.9 cm³/mol. The highest BCUT2D eigenvalue weighted by atomic mass is 19.1. The monoisotopic (exact) mass is 277 g/mol. The van der Waals surface area contributed by atoms with Gasteiger partial charge >= 0.3 is 0 Å². The number of hydrogen-bond donors (Lipinski definition) is 1. The van der Waals surface area contributed by atoms with Crippen molar-refractivity contribution in [2.75, 3.05) is 13.1 Å². The molecule has 3 nitrogen and oxygen atoms in total. The molecule has 3 rings (SSSR count). The van der Waals surface area contributed by atoms with Gasteiger partial charge in [-0.3, -0.25) is 4.57 Å². The van der Waals surface area contributed by atoms with Crippen LogP contribution in [-0.4, -0.2) is 22.6 Å². The summed E-state index contributed by atoms with van der Waals surface area (Å²) in [7, 11) is 0. The second kappa shape index (κ2) is 4.98. The van der Waals surface area contributed by atoms with E-state index in [0.29, 0.717) is 0 Å². The molecule has 1 aliphatic heterocycles. The maximum Gasteiger partial charge on any atom is 0.147 e. The van der Waals surface area contributed by atoms with Gasteiger partial charge in [0.2, 0.25) is 0 Å². The third kappa shape index (κ3) is 2.22. The summed E-state index contributed by atoms with van der Waals surface area (Å²) in [6, 6.07) is 3.49. The van der Waals surface area contributed by atoms with Crippen molar-refractivity contribution in [2.45, 2.75) is 25.2 Å². The summed E-state index contributed by atoms with van der Waals surface area (Å²) in [5, 5.41) is 3.32. The van der Waals surface area contributed by atoms with E-state index in [9.17, 15) is 8.78 Å². The maximum absolute atomic E-state index is 14.0. The third-order valence-corrected chi connectivity index (χ3v) is 4.13. The topological polar surface area (TPSA) is 29.9 Å². The first-order valence-electron chi connectivity index (χ1n) is 6.79. The van der Waals surface area contributed by atoms with E-state index in [1.807, 2.05) is 0 Å². The van der Waals surface area contributed by atoms with Crippen LogP contribution >= 0.6 is 0 Å². The van der Waals surface area contributed by atoms with Gasteiger partial charge in [0.15, 0.2) is 0 Å². The molecule has 2 aromatic rings. The first-order valence-corrected chi connectivity index (χ1v) is 6.79. The average Bonchev–Trinajstić information content (AvgIpc) is 2.92. The minimum Gasteiger partial charge on any atom is -0.317 e. The molecule has 5 heteroatoms. The summed E-state index contributed by atoms with van der Waals surface area (Å²) < 4.78 is 29.0. The van der Waals surface area contributed by atoms with Crippen LogP contribution in [0.1, 0.15) is 25.5 Å². The molecule has 20 heavy (non-hydrogen) atoms. The summed E-state index contributed by atoms with van der Waals surface area (Å²) >= 11 is 0. The van der Waals surface area contributed by atoms with E-state index in [-0.39, 0.29) is 11.1 Å². The number of halogens is 2. The highest BCUT2D eigenvalue weighted by Crippen LogP contribution is 2.34. The molecule has 0 spiro atoms. The van der Waals surface area contributed by atoms with Crippen LogP contribution in [0.4, 0.5) is 8.78 Å². The zero-order valence-corrected chi connectivity index (χ0v) is 11.4. The lowest BCUT2D eigenvalue weighted by Crippen LogP contribution is -2.38. The fourth-order valence-corrected chi connectivity index (χ4v) is 2.84. The van der Waals surface area contributed by atoms with Gasteiger partial charge in [0.1, 0.15) is 11.6 Å². The molecule has 0 atom stereocenters. The van der Waals surface area contributed by atoms with Crippen molar-refractivity contribution in [1.29, 1.82) is 0 Å². The van der Waals surface area contributed by atoms with Crippen molar-refractivity contribution in [3.8, 4) is 5.69 Å². The van der Waals surface area contributed by atoms with Crippen LogP contribution in [0.25, 0.3) is 5.69 Å². The van der Waals surface area contributed by atoms with E-state index in [4.69, 9.17) is 0 Å². The van der Waals surface area contributed by atoms with Crippen molar-refractivity contribution in [2.24, 2.45) is 0 Å². The zero-order valence-electron chi connectivity index (χ0n) is 11.4. The molecular formula is C15H17F2N3. The Hall–Kier alpha value is -1.75. The number of rotatable bonds is 2. The highest BCUT2D eigenvalue weighted by molar-refractivity contribution is 5.37. The number of benzene rings is 1. The van der Waals surface area contributed by atoms with Crippen molar-refractivity contribution in [3.05, 3.63) is 48.1 Å². The molecule has 0 saturated carbocycles. The van der Waals surface area contributed by atoms with Crippen LogP contribution in [0, 0.1) is 11.6 Å². The van der Waals surface area contributed by atoms with Crippen molar-refractivity contribution in [3.63, 3.8) is 0 Å². The molecule has 0 amide bonds. The standard InChI is InChI=1S/C15H17F2N3/c1-15(4-6-18-7-5-15)14-9-19-10-20(14)13-8-11(16)2-3-12(13)17/h2-3,8-10,18H,4-7H2,1H3. The Balaban J connectivity index is 2.08. The van der Waals surface area contributed by atoms with E-state index < -0.39 is 11.6 Å². The van der Waals surface area contributed by atoms with Crippen LogP contribution in [0.15, 0.2) is 30.7 Å². The van der Waals surface area contributed by atoms with Crippen LogP contribution in [0.3, 0.4) is 0 Å². The van der Waals surface area contributed by atoms with Gasteiger partial charge in [0, 0.05) is 23.4 Å². The van der Waals surface area contributed by atoms with Gasteiger partial charge in [-0.1, -0.05) is 6.92 Å².